The Morgan fingerprint density at radius 3 is 2.33 bits per heavy atom. The number of hydrogen-bond donors (Lipinski definition) is 2. The number of hydrogen-bond acceptors (Lipinski definition) is 4. The largest absolute Gasteiger partial charge is 0.413 e. The molecule has 2 N–H and O–H groups in total. The summed E-state index contributed by atoms with van der Waals surface area (Å²) in [4.78, 5) is 10.2. The quantitative estimate of drug-likeness (QED) is 0.716. The SMILES string of the molecule is FC(F)(F)CON1PNPNP1. The maximum atomic E-state index is 11.6. The van der Waals surface area contributed by atoms with Gasteiger partial charge in [0.1, 0.15) is 0 Å². The van der Waals surface area contributed by atoms with E-state index in [1.54, 1.807) is 0 Å². The molecule has 4 nitrogen and oxygen atoms in total. The van der Waals surface area contributed by atoms with E-state index in [2.05, 4.69) is 14.6 Å². The third kappa shape index (κ3) is 4.83. The molecule has 0 aromatic carbocycles. The van der Waals surface area contributed by atoms with E-state index in [9.17, 15) is 13.2 Å². The van der Waals surface area contributed by atoms with Gasteiger partial charge in [0.05, 0.1) is 17.8 Å². The second kappa shape index (κ2) is 4.97. The molecule has 1 aliphatic rings. The summed E-state index contributed by atoms with van der Waals surface area (Å²) in [5.74, 6) is 0. The summed E-state index contributed by atoms with van der Waals surface area (Å²) in [6.07, 6.45) is -4.26. The van der Waals surface area contributed by atoms with Crippen molar-refractivity contribution in [2.24, 2.45) is 0 Å². The highest BCUT2D eigenvalue weighted by Crippen LogP contribution is 2.37. The Bertz CT molecular complexity index is 139. The van der Waals surface area contributed by atoms with Crippen LogP contribution in [0.4, 0.5) is 13.2 Å². The molecular weight excluding hydrogens is 232 g/mol. The molecule has 12 heavy (non-hydrogen) atoms. The zero-order valence-electron chi connectivity index (χ0n) is 5.70. The maximum Gasteiger partial charge on any atom is 0.413 e. The standard InChI is InChI=1S/C2H7F3N3OP3/c3-2(4,5)1-9-8-11-6-10-7-12-8/h6-7,10-12H,1H2. The van der Waals surface area contributed by atoms with Gasteiger partial charge < -0.3 is 0 Å². The number of alkyl halides is 3. The normalized spacial score (nSPS) is 27.2. The van der Waals surface area contributed by atoms with Crippen molar-refractivity contribution in [2.75, 3.05) is 6.61 Å². The molecular formula is C2H7F3N3OP3. The zero-order chi connectivity index (χ0) is 9.03. The van der Waals surface area contributed by atoms with Gasteiger partial charge in [0, 0.05) is 8.88 Å². The highest BCUT2D eigenvalue weighted by Gasteiger charge is 2.29. The van der Waals surface area contributed by atoms with Crippen LogP contribution in [0.5, 0.6) is 0 Å². The zero-order valence-corrected chi connectivity index (χ0v) is 8.70. The molecule has 1 aliphatic heterocycles. The summed E-state index contributed by atoms with van der Waals surface area (Å²) in [6, 6.07) is 0. The Hall–Kier alpha value is 0.920. The van der Waals surface area contributed by atoms with Gasteiger partial charge in [0.15, 0.2) is 6.61 Å². The molecule has 72 valence electrons. The average Bonchev–Trinajstić information content (AvgIpc) is 2.02. The summed E-state index contributed by atoms with van der Waals surface area (Å²) in [5, 5.41) is 0. The first kappa shape index (κ1) is 11.0. The molecule has 0 aromatic heterocycles. The van der Waals surface area contributed by atoms with Gasteiger partial charge >= 0.3 is 6.18 Å². The van der Waals surface area contributed by atoms with Gasteiger partial charge in [-0.2, -0.15) is 13.2 Å². The number of nitrogens with one attached hydrogen (secondary N) is 2. The lowest BCUT2D eigenvalue weighted by molar-refractivity contribution is -0.201. The van der Waals surface area contributed by atoms with E-state index >= 15 is 0 Å². The highest BCUT2D eigenvalue weighted by atomic mass is 31.2. The maximum absolute atomic E-state index is 11.6. The van der Waals surface area contributed by atoms with Crippen molar-refractivity contribution in [3.63, 3.8) is 0 Å². The lowest BCUT2D eigenvalue weighted by Gasteiger charge is -2.26. The van der Waals surface area contributed by atoms with Gasteiger partial charge in [-0.25, -0.2) is 0 Å². The van der Waals surface area contributed by atoms with E-state index in [-0.39, 0.29) is 17.8 Å². The Balaban J connectivity index is 2.13. The van der Waals surface area contributed by atoms with Crippen LogP contribution < -0.4 is 9.72 Å². The fourth-order valence-electron chi connectivity index (χ4n) is 0.419. The predicted octanol–water partition coefficient (Wildman–Crippen LogP) is 1.50. The number of halogens is 3. The summed E-state index contributed by atoms with van der Waals surface area (Å²) < 4.78 is 36.1. The molecule has 0 saturated carbocycles. The smallest absolute Gasteiger partial charge is 0.280 e. The van der Waals surface area contributed by atoms with Crippen LogP contribution in [0.3, 0.4) is 0 Å². The lowest BCUT2D eigenvalue weighted by Crippen LogP contribution is -2.24. The first-order valence-corrected chi connectivity index (χ1v) is 5.73. The average molecular weight is 239 g/mol. The van der Waals surface area contributed by atoms with E-state index in [1.807, 2.05) is 0 Å². The summed E-state index contributed by atoms with van der Waals surface area (Å²) in [7, 11) is 0.605. The van der Waals surface area contributed by atoms with Gasteiger partial charge in [0.2, 0.25) is 0 Å². The first-order chi connectivity index (χ1) is 5.58. The van der Waals surface area contributed by atoms with Crippen molar-refractivity contribution in [3.05, 3.63) is 0 Å². The second-order valence-corrected chi connectivity index (χ2v) is 5.74. The van der Waals surface area contributed by atoms with Crippen LogP contribution in [0.2, 0.25) is 0 Å². The van der Waals surface area contributed by atoms with E-state index < -0.39 is 12.8 Å². The third-order valence-electron chi connectivity index (χ3n) is 0.797. The van der Waals surface area contributed by atoms with Crippen LogP contribution >= 0.6 is 26.6 Å². The summed E-state index contributed by atoms with van der Waals surface area (Å²) in [5.41, 5.74) is 0. The van der Waals surface area contributed by atoms with Crippen LogP contribution in [-0.2, 0) is 4.84 Å². The molecule has 1 fully saturated rings. The van der Waals surface area contributed by atoms with Crippen LogP contribution in [-0.4, -0.2) is 17.4 Å². The van der Waals surface area contributed by atoms with Crippen LogP contribution in [0.1, 0.15) is 0 Å². The third-order valence-corrected chi connectivity index (χ3v) is 4.03. The Kier molecular flexibility index (Phi) is 4.55. The van der Waals surface area contributed by atoms with Crippen molar-refractivity contribution in [1.29, 1.82) is 0 Å². The Labute approximate surface area is 72.6 Å². The molecule has 0 spiro atoms. The fraction of sp³-hybridized carbons (Fsp3) is 1.00. The molecule has 2 atom stereocenters. The van der Waals surface area contributed by atoms with E-state index in [1.165, 1.54) is 4.60 Å². The molecule has 0 amide bonds. The molecule has 1 rings (SSSR count). The minimum atomic E-state index is -4.26. The topological polar surface area (TPSA) is 36.5 Å². The van der Waals surface area contributed by atoms with Crippen LogP contribution in [0, 0.1) is 0 Å². The van der Waals surface area contributed by atoms with Crippen molar-refractivity contribution in [3.8, 4) is 0 Å². The van der Waals surface area contributed by atoms with E-state index in [0.717, 1.165) is 0 Å². The molecule has 2 unspecified atom stereocenters. The number of rotatable bonds is 2. The van der Waals surface area contributed by atoms with Crippen LogP contribution in [0.15, 0.2) is 0 Å². The highest BCUT2D eigenvalue weighted by molar-refractivity contribution is 7.65. The second-order valence-electron chi connectivity index (χ2n) is 1.78. The van der Waals surface area contributed by atoms with Gasteiger partial charge in [-0.1, -0.05) is 0 Å². The van der Waals surface area contributed by atoms with Crippen molar-refractivity contribution < 1.29 is 18.0 Å². The van der Waals surface area contributed by atoms with Crippen molar-refractivity contribution >= 4 is 26.6 Å². The molecule has 0 radical (unpaired) electrons. The summed E-state index contributed by atoms with van der Waals surface area (Å²) in [6.45, 7) is -1.22. The molecule has 0 aliphatic carbocycles. The van der Waals surface area contributed by atoms with Gasteiger partial charge in [-0.15, -0.1) is 4.60 Å². The van der Waals surface area contributed by atoms with Gasteiger partial charge in [0.25, 0.3) is 0 Å². The lowest BCUT2D eigenvalue weighted by atomic mass is 10.7. The van der Waals surface area contributed by atoms with Gasteiger partial charge in [-0.3, -0.25) is 14.6 Å². The molecule has 1 saturated heterocycles. The van der Waals surface area contributed by atoms with E-state index in [0.29, 0.717) is 8.88 Å². The molecule has 0 bridgehead atoms. The molecule has 10 heteroatoms. The Morgan fingerprint density at radius 1 is 1.25 bits per heavy atom. The minimum absolute atomic E-state index is 0.102. The minimum Gasteiger partial charge on any atom is -0.280 e. The first-order valence-electron chi connectivity index (χ1n) is 2.84. The number of nitrogens with zero attached hydrogens (tertiary/aromatic N) is 1. The summed E-state index contributed by atoms with van der Waals surface area (Å²) >= 11 is 0. The Morgan fingerprint density at radius 2 is 1.83 bits per heavy atom. The van der Waals surface area contributed by atoms with Gasteiger partial charge in [-0.05, 0) is 0 Å². The monoisotopic (exact) mass is 239 g/mol. The predicted molar refractivity (Wildman–Crippen MR) is 45.1 cm³/mol. The van der Waals surface area contributed by atoms with Crippen LogP contribution in [0.25, 0.3) is 0 Å². The fourth-order valence-corrected chi connectivity index (χ4v) is 3.98. The molecule has 1 heterocycles. The van der Waals surface area contributed by atoms with E-state index in [4.69, 9.17) is 0 Å². The molecule has 0 aromatic rings. The van der Waals surface area contributed by atoms with Crippen molar-refractivity contribution in [1.82, 2.24) is 14.3 Å². The van der Waals surface area contributed by atoms with Crippen molar-refractivity contribution in [2.45, 2.75) is 6.18 Å².